The van der Waals surface area contributed by atoms with Crippen LogP contribution in [-0.4, -0.2) is 87.0 Å². The summed E-state index contributed by atoms with van der Waals surface area (Å²) in [5, 5.41) is 58.3. The first kappa shape index (κ1) is 17.8. The predicted molar refractivity (Wildman–Crippen MR) is 77.0 cm³/mol. The van der Waals surface area contributed by atoms with E-state index in [-0.39, 0.29) is 12.5 Å². The molecule has 1 saturated heterocycles. The van der Waals surface area contributed by atoms with E-state index in [2.05, 4.69) is 0 Å². The Morgan fingerprint density at radius 3 is 2.42 bits per heavy atom. The Balaban J connectivity index is 1.75. The Kier molecular flexibility index (Phi) is 5.23. The molecule has 9 atom stereocenters. The van der Waals surface area contributed by atoms with Crippen molar-refractivity contribution in [3.8, 4) is 0 Å². The fraction of sp³-hybridized carbons (Fsp3) is 0.733. The van der Waals surface area contributed by atoms with Crippen LogP contribution >= 0.6 is 0 Å². The molecule has 2 heterocycles. The van der Waals surface area contributed by atoms with Crippen LogP contribution in [0, 0.1) is 11.8 Å². The third-order valence-corrected chi connectivity index (χ3v) is 4.73. The lowest BCUT2D eigenvalue weighted by atomic mass is 9.88. The molecule has 0 radical (unpaired) electrons. The number of rotatable bonds is 4. The van der Waals surface area contributed by atoms with Gasteiger partial charge in [-0.05, 0) is 11.6 Å². The molecule has 6 N–H and O–H groups in total. The first-order chi connectivity index (χ1) is 11.5. The van der Waals surface area contributed by atoms with E-state index in [0.717, 1.165) is 0 Å². The Labute approximate surface area is 138 Å². The molecule has 0 amide bonds. The summed E-state index contributed by atoms with van der Waals surface area (Å²) in [6.07, 6.45) is -4.27. The van der Waals surface area contributed by atoms with Gasteiger partial charge in [-0.1, -0.05) is 6.08 Å². The molecule has 3 aliphatic rings. The third-order valence-electron chi connectivity index (χ3n) is 4.73. The van der Waals surface area contributed by atoms with E-state index in [1.54, 1.807) is 6.08 Å². The maximum atomic E-state index is 10.0. The van der Waals surface area contributed by atoms with Crippen molar-refractivity contribution in [2.75, 3.05) is 13.2 Å². The Bertz CT molecular complexity index is 505. The van der Waals surface area contributed by atoms with Crippen LogP contribution in [0.5, 0.6) is 0 Å². The van der Waals surface area contributed by atoms with Crippen LogP contribution < -0.4 is 0 Å². The average molecular weight is 346 g/mol. The Hall–Kier alpha value is -1.04. The molecule has 0 aromatic rings. The molecule has 0 saturated carbocycles. The van der Waals surface area contributed by atoms with Gasteiger partial charge in [-0.3, -0.25) is 0 Å². The van der Waals surface area contributed by atoms with Gasteiger partial charge in [0.05, 0.1) is 31.5 Å². The van der Waals surface area contributed by atoms with Crippen LogP contribution in [-0.2, 0) is 14.2 Å². The van der Waals surface area contributed by atoms with Gasteiger partial charge in [0.2, 0.25) is 6.29 Å². The number of hydrogen-bond acceptors (Lipinski definition) is 9. The maximum absolute atomic E-state index is 10.0. The van der Waals surface area contributed by atoms with E-state index in [1.165, 1.54) is 12.3 Å². The molecule has 0 unspecified atom stereocenters. The van der Waals surface area contributed by atoms with Crippen LogP contribution in [0.2, 0.25) is 0 Å². The van der Waals surface area contributed by atoms with Gasteiger partial charge < -0.3 is 44.8 Å². The second-order valence-electron chi connectivity index (χ2n) is 6.16. The van der Waals surface area contributed by atoms with E-state index in [9.17, 15) is 30.6 Å². The van der Waals surface area contributed by atoms with Gasteiger partial charge >= 0.3 is 0 Å². The van der Waals surface area contributed by atoms with Crippen LogP contribution in [0.1, 0.15) is 0 Å². The zero-order chi connectivity index (χ0) is 17.4. The molecule has 2 aliphatic heterocycles. The van der Waals surface area contributed by atoms with Crippen molar-refractivity contribution >= 4 is 0 Å². The summed E-state index contributed by atoms with van der Waals surface area (Å²) in [6, 6.07) is 0. The lowest BCUT2D eigenvalue weighted by Crippen LogP contribution is -2.60. The molecular formula is C15H22O9. The number of aliphatic hydroxyl groups is 6. The van der Waals surface area contributed by atoms with E-state index in [0.29, 0.717) is 5.57 Å². The average Bonchev–Trinajstić information content (AvgIpc) is 2.92. The van der Waals surface area contributed by atoms with Crippen molar-refractivity contribution < 1.29 is 44.8 Å². The highest BCUT2D eigenvalue weighted by molar-refractivity contribution is 5.25. The minimum absolute atomic E-state index is 0.288. The van der Waals surface area contributed by atoms with Crippen molar-refractivity contribution in [1.29, 1.82) is 0 Å². The van der Waals surface area contributed by atoms with Crippen molar-refractivity contribution in [2.24, 2.45) is 11.8 Å². The van der Waals surface area contributed by atoms with Crippen molar-refractivity contribution in [2.45, 2.75) is 43.1 Å². The number of ether oxygens (including phenoxy) is 3. The molecule has 0 aromatic heterocycles. The maximum Gasteiger partial charge on any atom is 0.209 e. The summed E-state index contributed by atoms with van der Waals surface area (Å²) >= 11 is 0. The van der Waals surface area contributed by atoms with Gasteiger partial charge in [0.15, 0.2) is 6.29 Å². The summed E-state index contributed by atoms with van der Waals surface area (Å²) in [5.74, 6) is -0.835. The molecule has 136 valence electrons. The first-order valence-electron chi connectivity index (χ1n) is 7.75. The van der Waals surface area contributed by atoms with E-state index < -0.39 is 55.6 Å². The first-order valence-corrected chi connectivity index (χ1v) is 7.75. The molecule has 1 fully saturated rings. The molecule has 3 rings (SSSR count). The molecule has 24 heavy (non-hydrogen) atoms. The smallest absolute Gasteiger partial charge is 0.209 e. The van der Waals surface area contributed by atoms with Crippen LogP contribution in [0.3, 0.4) is 0 Å². The SMILES string of the molecule is OCC1=C[C@@H](O)[C@H]2C=CO[C@H](O[C@H]3O[C@@H](CO)[C@@H](O)[C@@H](O)[C@H]3O)[C@@H]12. The zero-order valence-corrected chi connectivity index (χ0v) is 12.8. The molecule has 9 nitrogen and oxygen atoms in total. The van der Waals surface area contributed by atoms with E-state index in [1.807, 2.05) is 0 Å². The molecule has 1 aliphatic carbocycles. The summed E-state index contributed by atoms with van der Waals surface area (Å²) in [7, 11) is 0. The molecular weight excluding hydrogens is 324 g/mol. The monoisotopic (exact) mass is 346 g/mol. The minimum Gasteiger partial charge on any atom is -0.472 e. The fourth-order valence-corrected chi connectivity index (χ4v) is 3.38. The van der Waals surface area contributed by atoms with Crippen molar-refractivity contribution in [1.82, 2.24) is 0 Å². The molecule has 0 bridgehead atoms. The van der Waals surface area contributed by atoms with Crippen LogP contribution in [0.25, 0.3) is 0 Å². The summed E-state index contributed by atoms with van der Waals surface area (Å²) in [6.45, 7) is -0.854. The topological polar surface area (TPSA) is 149 Å². The summed E-state index contributed by atoms with van der Waals surface area (Å²) < 4.78 is 16.3. The van der Waals surface area contributed by atoms with Crippen molar-refractivity contribution in [3.63, 3.8) is 0 Å². The van der Waals surface area contributed by atoms with Gasteiger partial charge in [0, 0.05) is 5.92 Å². The number of hydrogen-bond donors (Lipinski definition) is 6. The predicted octanol–water partition coefficient (Wildman–Crippen LogP) is -2.80. The highest BCUT2D eigenvalue weighted by Gasteiger charge is 2.49. The van der Waals surface area contributed by atoms with E-state index >= 15 is 0 Å². The highest BCUT2D eigenvalue weighted by Crippen LogP contribution is 2.40. The van der Waals surface area contributed by atoms with Gasteiger partial charge in [0.1, 0.15) is 24.4 Å². The van der Waals surface area contributed by atoms with Crippen LogP contribution in [0.15, 0.2) is 24.0 Å². The van der Waals surface area contributed by atoms with Gasteiger partial charge in [0.25, 0.3) is 0 Å². The molecule has 0 spiro atoms. The molecule has 9 heteroatoms. The van der Waals surface area contributed by atoms with Crippen molar-refractivity contribution in [3.05, 3.63) is 24.0 Å². The van der Waals surface area contributed by atoms with E-state index in [4.69, 9.17) is 14.2 Å². The largest absolute Gasteiger partial charge is 0.472 e. The van der Waals surface area contributed by atoms with Gasteiger partial charge in [-0.25, -0.2) is 0 Å². The quantitative estimate of drug-likeness (QED) is 0.297. The minimum atomic E-state index is -1.56. The third kappa shape index (κ3) is 2.98. The summed E-state index contributed by atoms with van der Waals surface area (Å²) in [4.78, 5) is 0. The molecule has 0 aromatic carbocycles. The number of fused-ring (bicyclic) bond motifs is 1. The Morgan fingerprint density at radius 2 is 1.75 bits per heavy atom. The highest BCUT2D eigenvalue weighted by atomic mass is 16.8. The zero-order valence-electron chi connectivity index (χ0n) is 12.8. The van der Waals surface area contributed by atoms with Gasteiger partial charge in [-0.15, -0.1) is 0 Å². The second-order valence-corrected chi connectivity index (χ2v) is 6.16. The lowest BCUT2D eigenvalue weighted by Gasteiger charge is -2.42. The standard InChI is InChI=1S/C15H22O9/c16-4-6-3-8(18)7-1-2-22-14(10(6)7)24-15-13(21)12(20)11(19)9(5-17)23-15/h1-3,7-21H,4-5H2/t7-,8-,9+,10+,11-,12-,13-,14-,15-/m1/s1. The normalized spacial score (nSPS) is 47.9. The fourth-order valence-electron chi connectivity index (χ4n) is 3.38. The van der Waals surface area contributed by atoms with Gasteiger partial charge in [-0.2, -0.15) is 0 Å². The summed E-state index contributed by atoms with van der Waals surface area (Å²) in [5.41, 5.74) is 0.534. The lowest BCUT2D eigenvalue weighted by molar-refractivity contribution is -0.339. The van der Waals surface area contributed by atoms with Crippen LogP contribution in [0.4, 0.5) is 0 Å². The second kappa shape index (κ2) is 7.06. The number of aliphatic hydroxyl groups excluding tert-OH is 6. The Morgan fingerprint density at radius 1 is 1.00 bits per heavy atom.